The van der Waals surface area contributed by atoms with Gasteiger partial charge in [0.15, 0.2) is 0 Å². The van der Waals surface area contributed by atoms with Crippen molar-refractivity contribution in [1.82, 2.24) is 9.30 Å². The number of carbonyl (C=O) groups is 2. The molecule has 2 aromatic heterocycles. The monoisotopic (exact) mass is 398 g/mol. The molecule has 0 radical (unpaired) electrons. The number of rotatable bonds is 3. The molecular formula is C25H19FN2O2. The third kappa shape index (κ3) is 3.08. The van der Waals surface area contributed by atoms with E-state index < -0.39 is 11.7 Å². The number of ketones is 1. The fraction of sp³-hybridized carbons (Fsp3) is 0.120. The highest BCUT2D eigenvalue weighted by Crippen LogP contribution is 2.29. The molecule has 0 fully saturated rings. The first kappa shape index (κ1) is 18.3. The Balaban J connectivity index is 1.55. The van der Waals surface area contributed by atoms with E-state index in [1.54, 1.807) is 27.6 Å². The fourth-order valence-electron chi connectivity index (χ4n) is 4.12. The Labute approximate surface area is 173 Å². The lowest BCUT2D eigenvalue weighted by molar-refractivity contribution is -0.127. The summed E-state index contributed by atoms with van der Waals surface area (Å²) in [6.07, 6.45) is 2.50. The highest BCUT2D eigenvalue weighted by Gasteiger charge is 2.30. The Morgan fingerprint density at radius 1 is 0.867 bits per heavy atom. The third-order valence-corrected chi connectivity index (χ3v) is 5.66. The molecule has 0 spiro atoms. The largest absolute Gasteiger partial charge is 0.331 e. The van der Waals surface area contributed by atoms with E-state index in [0.29, 0.717) is 29.9 Å². The number of halogens is 1. The van der Waals surface area contributed by atoms with Crippen LogP contribution in [0, 0.1) is 5.82 Å². The summed E-state index contributed by atoms with van der Waals surface area (Å²) in [5.74, 6) is -1.42. The second-order valence-electron chi connectivity index (χ2n) is 7.48. The van der Waals surface area contributed by atoms with Crippen LogP contribution in [0.5, 0.6) is 0 Å². The van der Waals surface area contributed by atoms with E-state index in [2.05, 4.69) is 6.07 Å². The third-order valence-electron chi connectivity index (χ3n) is 5.66. The summed E-state index contributed by atoms with van der Waals surface area (Å²) in [5.41, 5.74) is 4.72. The summed E-state index contributed by atoms with van der Waals surface area (Å²) in [6, 6.07) is 21.4. The first-order chi connectivity index (χ1) is 14.6. The van der Waals surface area contributed by atoms with Crippen LogP contribution >= 0.6 is 0 Å². The molecule has 0 unspecified atom stereocenters. The number of carbonyl (C=O) groups excluding carboxylic acids is 2. The zero-order valence-electron chi connectivity index (χ0n) is 16.2. The maximum atomic E-state index is 13.4. The lowest BCUT2D eigenvalue weighted by Crippen LogP contribution is -2.40. The van der Waals surface area contributed by atoms with Crippen LogP contribution in [0.4, 0.5) is 4.39 Å². The van der Waals surface area contributed by atoms with Crippen molar-refractivity contribution in [2.45, 2.75) is 13.0 Å². The normalized spacial score (nSPS) is 13.3. The van der Waals surface area contributed by atoms with Crippen molar-refractivity contribution in [3.05, 3.63) is 102 Å². The highest BCUT2D eigenvalue weighted by molar-refractivity contribution is 6.43. The Morgan fingerprint density at radius 3 is 2.40 bits per heavy atom. The van der Waals surface area contributed by atoms with E-state index in [9.17, 15) is 14.0 Å². The van der Waals surface area contributed by atoms with Gasteiger partial charge in [-0.1, -0.05) is 42.5 Å². The quantitative estimate of drug-likeness (QED) is 0.376. The van der Waals surface area contributed by atoms with Crippen LogP contribution in [0.1, 0.15) is 21.6 Å². The van der Waals surface area contributed by atoms with Crippen LogP contribution in [-0.4, -0.2) is 27.5 Å². The summed E-state index contributed by atoms with van der Waals surface area (Å²) < 4.78 is 15.2. The number of hydrogen-bond donors (Lipinski definition) is 0. The van der Waals surface area contributed by atoms with Crippen LogP contribution in [0.15, 0.2) is 79.0 Å². The van der Waals surface area contributed by atoms with Crippen LogP contribution in [0.3, 0.4) is 0 Å². The Morgan fingerprint density at radius 2 is 1.60 bits per heavy atom. The van der Waals surface area contributed by atoms with Crippen LogP contribution in [0.25, 0.3) is 16.6 Å². The number of aromatic nitrogens is 1. The zero-order valence-corrected chi connectivity index (χ0v) is 16.2. The molecule has 1 aliphatic rings. The summed E-state index contributed by atoms with van der Waals surface area (Å²) in [7, 11) is 0. The maximum Gasteiger partial charge on any atom is 0.296 e. The molecule has 0 saturated carbocycles. The molecule has 4 nitrogen and oxygen atoms in total. The molecule has 2 aromatic carbocycles. The summed E-state index contributed by atoms with van der Waals surface area (Å²) in [5, 5.41) is 0. The highest BCUT2D eigenvalue weighted by atomic mass is 19.1. The van der Waals surface area contributed by atoms with Crippen LogP contribution in [0.2, 0.25) is 0 Å². The number of fused-ring (bicyclic) bond motifs is 2. The van der Waals surface area contributed by atoms with Crippen molar-refractivity contribution in [2.24, 2.45) is 0 Å². The number of benzene rings is 2. The fourth-order valence-corrected chi connectivity index (χ4v) is 4.12. The molecule has 0 aliphatic carbocycles. The van der Waals surface area contributed by atoms with Gasteiger partial charge in [0.2, 0.25) is 0 Å². The van der Waals surface area contributed by atoms with Gasteiger partial charge in [-0.3, -0.25) is 9.59 Å². The van der Waals surface area contributed by atoms with Gasteiger partial charge >= 0.3 is 0 Å². The van der Waals surface area contributed by atoms with E-state index in [4.69, 9.17) is 0 Å². The molecule has 0 atom stereocenters. The molecular weight excluding hydrogens is 379 g/mol. The van der Waals surface area contributed by atoms with Crippen molar-refractivity contribution >= 4 is 17.2 Å². The smallest absolute Gasteiger partial charge is 0.296 e. The number of nitrogens with zero attached hydrogens (tertiary/aromatic N) is 2. The molecule has 5 rings (SSSR count). The summed E-state index contributed by atoms with van der Waals surface area (Å²) in [6.45, 7) is 0.937. The van der Waals surface area contributed by atoms with Gasteiger partial charge in [0.05, 0.1) is 0 Å². The van der Waals surface area contributed by atoms with E-state index >= 15 is 0 Å². The van der Waals surface area contributed by atoms with Gasteiger partial charge in [-0.25, -0.2) is 4.39 Å². The summed E-state index contributed by atoms with van der Waals surface area (Å²) in [4.78, 5) is 28.2. The first-order valence-corrected chi connectivity index (χ1v) is 9.88. The van der Waals surface area contributed by atoms with Crippen molar-refractivity contribution in [1.29, 1.82) is 0 Å². The van der Waals surface area contributed by atoms with Gasteiger partial charge in [-0.2, -0.15) is 0 Å². The Kier molecular flexibility index (Phi) is 4.43. The Hall–Kier alpha value is -3.73. The van der Waals surface area contributed by atoms with E-state index in [1.807, 2.05) is 42.5 Å². The molecule has 1 amide bonds. The van der Waals surface area contributed by atoms with E-state index in [0.717, 1.165) is 17.5 Å². The van der Waals surface area contributed by atoms with Crippen LogP contribution in [-0.2, 0) is 17.8 Å². The minimum absolute atomic E-state index is 0.307. The van der Waals surface area contributed by atoms with Crippen molar-refractivity contribution in [3.63, 3.8) is 0 Å². The predicted octanol–water partition coefficient (Wildman–Crippen LogP) is 4.51. The number of pyridine rings is 1. The molecule has 148 valence electrons. The molecule has 5 heteroatoms. The van der Waals surface area contributed by atoms with Crippen molar-refractivity contribution in [2.75, 3.05) is 6.54 Å². The number of Topliss-reactive ketones (excluding diaryl/α,β-unsaturated/α-hetero) is 1. The molecule has 4 aromatic rings. The Bertz CT molecular complexity index is 1270. The number of amides is 1. The van der Waals surface area contributed by atoms with Gasteiger partial charge in [0, 0.05) is 30.4 Å². The SMILES string of the molecule is O=C(C(=O)N1CCc2ccccc2C1)c1c(-c2ccc(F)cc2)cc2ccccn12. The van der Waals surface area contributed by atoms with Gasteiger partial charge in [0.25, 0.3) is 11.7 Å². The first-order valence-electron chi connectivity index (χ1n) is 9.88. The minimum atomic E-state index is -0.556. The van der Waals surface area contributed by atoms with E-state index in [1.165, 1.54) is 17.7 Å². The maximum absolute atomic E-state index is 13.4. The average molecular weight is 398 g/mol. The summed E-state index contributed by atoms with van der Waals surface area (Å²) >= 11 is 0. The second-order valence-corrected chi connectivity index (χ2v) is 7.48. The van der Waals surface area contributed by atoms with Gasteiger partial charge in [0.1, 0.15) is 11.5 Å². The lowest BCUT2D eigenvalue weighted by atomic mass is 9.98. The minimum Gasteiger partial charge on any atom is -0.331 e. The van der Waals surface area contributed by atoms with Crippen LogP contribution < -0.4 is 0 Å². The number of hydrogen-bond acceptors (Lipinski definition) is 2. The topological polar surface area (TPSA) is 41.8 Å². The molecule has 0 N–H and O–H groups in total. The zero-order chi connectivity index (χ0) is 20.7. The molecule has 30 heavy (non-hydrogen) atoms. The van der Waals surface area contributed by atoms with Crippen molar-refractivity contribution in [3.8, 4) is 11.1 Å². The molecule has 0 bridgehead atoms. The molecule has 0 saturated heterocycles. The standard InChI is InChI=1S/C25H19FN2O2/c26-20-10-8-18(9-11-20)22-15-21-7-3-4-13-28(21)23(22)24(29)25(30)27-14-12-17-5-1-2-6-19(17)16-27/h1-11,13,15H,12,14,16H2. The van der Waals surface area contributed by atoms with Gasteiger partial charge < -0.3 is 9.30 Å². The molecule has 3 heterocycles. The van der Waals surface area contributed by atoms with Gasteiger partial charge in [-0.05, 0) is 53.4 Å². The lowest BCUT2D eigenvalue weighted by Gasteiger charge is -2.28. The average Bonchev–Trinajstić information content (AvgIpc) is 3.17. The van der Waals surface area contributed by atoms with Gasteiger partial charge in [-0.15, -0.1) is 0 Å². The van der Waals surface area contributed by atoms with Crippen molar-refractivity contribution < 1.29 is 14.0 Å². The van der Waals surface area contributed by atoms with E-state index in [-0.39, 0.29) is 5.82 Å². The second kappa shape index (κ2) is 7.26. The predicted molar refractivity (Wildman–Crippen MR) is 113 cm³/mol. The molecule has 1 aliphatic heterocycles.